The lowest BCUT2D eigenvalue weighted by Gasteiger charge is -2.14. The number of aryl methyl sites for hydroxylation is 2. The maximum Gasteiger partial charge on any atom is 0.335 e. The van der Waals surface area contributed by atoms with Crippen molar-refractivity contribution in [2.45, 2.75) is 25.3 Å². The van der Waals surface area contributed by atoms with E-state index in [4.69, 9.17) is 10.8 Å². The molecule has 0 bridgehead atoms. The predicted octanol–water partition coefficient (Wildman–Crippen LogP) is 2.92. The molecule has 1 aliphatic carbocycles. The Morgan fingerprint density at radius 3 is 2.60 bits per heavy atom. The highest BCUT2D eigenvalue weighted by Crippen LogP contribution is 2.27. The Balaban J connectivity index is 1.94. The SMILES string of the molecule is NC(c1cccc(C(=O)O)c1)c1ccc2c(c1)CCC2. The zero-order chi connectivity index (χ0) is 14.1. The standard InChI is InChI=1S/C17H17NO2/c18-16(13-5-2-6-15(10-13)17(19)20)14-8-7-11-3-1-4-12(11)9-14/h2,5-10,16H,1,3-4,18H2,(H,19,20). The zero-order valence-electron chi connectivity index (χ0n) is 11.2. The van der Waals surface area contributed by atoms with Gasteiger partial charge in [0.2, 0.25) is 0 Å². The normalized spacial score (nSPS) is 14.8. The molecule has 20 heavy (non-hydrogen) atoms. The van der Waals surface area contributed by atoms with Crippen molar-refractivity contribution in [1.82, 2.24) is 0 Å². The summed E-state index contributed by atoms with van der Waals surface area (Å²) in [6, 6.07) is 13.0. The van der Waals surface area contributed by atoms with Gasteiger partial charge in [-0.1, -0.05) is 30.3 Å². The van der Waals surface area contributed by atoms with Crippen LogP contribution in [0.15, 0.2) is 42.5 Å². The van der Waals surface area contributed by atoms with Gasteiger partial charge in [-0.25, -0.2) is 4.79 Å². The van der Waals surface area contributed by atoms with Gasteiger partial charge < -0.3 is 10.8 Å². The van der Waals surface area contributed by atoms with Crippen LogP contribution in [0.25, 0.3) is 0 Å². The molecule has 3 heteroatoms. The fourth-order valence-electron chi connectivity index (χ4n) is 2.84. The second-order valence-corrected chi connectivity index (χ2v) is 5.29. The van der Waals surface area contributed by atoms with Gasteiger partial charge in [-0.15, -0.1) is 0 Å². The lowest BCUT2D eigenvalue weighted by molar-refractivity contribution is 0.0696. The van der Waals surface area contributed by atoms with Gasteiger partial charge in [0, 0.05) is 0 Å². The lowest BCUT2D eigenvalue weighted by Crippen LogP contribution is -2.13. The molecular formula is C17H17NO2. The summed E-state index contributed by atoms with van der Waals surface area (Å²) in [5.74, 6) is -0.923. The van der Waals surface area contributed by atoms with Crippen molar-refractivity contribution in [2.75, 3.05) is 0 Å². The Morgan fingerprint density at radius 2 is 1.80 bits per heavy atom. The first kappa shape index (κ1) is 12.9. The molecule has 102 valence electrons. The molecule has 1 unspecified atom stereocenters. The molecule has 0 aromatic heterocycles. The molecule has 3 N–H and O–H groups in total. The number of benzene rings is 2. The van der Waals surface area contributed by atoms with Crippen molar-refractivity contribution in [3.63, 3.8) is 0 Å². The van der Waals surface area contributed by atoms with Gasteiger partial charge >= 0.3 is 5.97 Å². The van der Waals surface area contributed by atoms with E-state index in [1.165, 1.54) is 17.5 Å². The number of carboxylic acids is 1. The molecule has 0 saturated heterocycles. The van der Waals surface area contributed by atoms with Crippen molar-refractivity contribution in [1.29, 1.82) is 0 Å². The number of hydrogen-bond acceptors (Lipinski definition) is 2. The average molecular weight is 267 g/mol. The van der Waals surface area contributed by atoms with E-state index in [-0.39, 0.29) is 11.6 Å². The molecule has 0 saturated carbocycles. The van der Waals surface area contributed by atoms with E-state index in [1.807, 2.05) is 6.07 Å². The minimum atomic E-state index is -0.923. The molecule has 0 amide bonds. The van der Waals surface area contributed by atoms with Crippen molar-refractivity contribution < 1.29 is 9.90 Å². The first-order valence-electron chi connectivity index (χ1n) is 6.85. The van der Waals surface area contributed by atoms with Crippen molar-refractivity contribution >= 4 is 5.97 Å². The summed E-state index contributed by atoms with van der Waals surface area (Å²) in [6.07, 6.45) is 3.48. The first-order valence-corrected chi connectivity index (χ1v) is 6.85. The Labute approximate surface area is 118 Å². The summed E-state index contributed by atoms with van der Waals surface area (Å²) in [7, 11) is 0. The van der Waals surface area contributed by atoms with Crippen LogP contribution in [0, 0.1) is 0 Å². The Bertz CT molecular complexity index is 664. The van der Waals surface area contributed by atoms with Crippen LogP contribution in [0.1, 0.15) is 45.1 Å². The van der Waals surface area contributed by atoms with Crippen LogP contribution in [0.4, 0.5) is 0 Å². The highest BCUT2D eigenvalue weighted by molar-refractivity contribution is 5.87. The second-order valence-electron chi connectivity index (χ2n) is 5.29. The highest BCUT2D eigenvalue weighted by atomic mass is 16.4. The van der Waals surface area contributed by atoms with Gasteiger partial charge in [-0.05, 0) is 53.6 Å². The molecule has 3 nitrogen and oxygen atoms in total. The Kier molecular flexibility index (Phi) is 3.28. The van der Waals surface area contributed by atoms with E-state index in [0.29, 0.717) is 0 Å². The second kappa shape index (κ2) is 5.10. The van der Waals surface area contributed by atoms with Crippen LogP contribution < -0.4 is 5.73 Å². The molecule has 1 aliphatic rings. The monoisotopic (exact) mass is 267 g/mol. The van der Waals surface area contributed by atoms with E-state index >= 15 is 0 Å². The molecule has 0 spiro atoms. The number of nitrogens with two attached hydrogens (primary N) is 1. The number of hydrogen-bond donors (Lipinski definition) is 2. The van der Waals surface area contributed by atoms with Gasteiger partial charge in [-0.3, -0.25) is 0 Å². The number of carboxylic acid groups (broad SMARTS) is 1. The van der Waals surface area contributed by atoms with Crippen molar-refractivity contribution in [2.24, 2.45) is 5.73 Å². The molecule has 2 aromatic carbocycles. The molecule has 2 aromatic rings. The molecular weight excluding hydrogens is 250 g/mol. The minimum Gasteiger partial charge on any atom is -0.478 e. The van der Waals surface area contributed by atoms with Crippen LogP contribution in [0.2, 0.25) is 0 Å². The molecule has 3 rings (SSSR count). The highest BCUT2D eigenvalue weighted by Gasteiger charge is 2.15. The molecule has 0 radical (unpaired) electrons. The molecule has 0 aliphatic heterocycles. The van der Waals surface area contributed by atoms with Crippen LogP contribution in [-0.4, -0.2) is 11.1 Å². The quantitative estimate of drug-likeness (QED) is 0.898. The van der Waals surface area contributed by atoms with Gasteiger partial charge in [0.15, 0.2) is 0 Å². The van der Waals surface area contributed by atoms with E-state index in [1.54, 1.807) is 18.2 Å². The van der Waals surface area contributed by atoms with Crippen molar-refractivity contribution in [3.8, 4) is 0 Å². The predicted molar refractivity (Wildman–Crippen MR) is 77.9 cm³/mol. The van der Waals surface area contributed by atoms with E-state index in [2.05, 4.69) is 18.2 Å². The fourth-order valence-corrected chi connectivity index (χ4v) is 2.84. The van der Waals surface area contributed by atoms with Gasteiger partial charge in [0.05, 0.1) is 11.6 Å². The summed E-state index contributed by atoms with van der Waals surface area (Å²) in [5.41, 5.74) is 11.2. The summed E-state index contributed by atoms with van der Waals surface area (Å²) < 4.78 is 0. The third-order valence-corrected chi connectivity index (χ3v) is 3.97. The maximum absolute atomic E-state index is 11.0. The largest absolute Gasteiger partial charge is 0.478 e. The van der Waals surface area contributed by atoms with Gasteiger partial charge in [0.25, 0.3) is 0 Å². The Morgan fingerprint density at radius 1 is 1.05 bits per heavy atom. The minimum absolute atomic E-state index is 0.277. The average Bonchev–Trinajstić information content (AvgIpc) is 2.94. The van der Waals surface area contributed by atoms with Crippen LogP contribution in [-0.2, 0) is 12.8 Å². The smallest absolute Gasteiger partial charge is 0.335 e. The number of carbonyl (C=O) groups is 1. The van der Waals surface area contributed by atoms with E-state index < -0.39 is 5.97 Å². The number of fused-ring (bicyclic) bond motifs is 1. The third-order valence-electron chi connectivity index (χ3n) is 3.97. The van der Waals surface area contributed by atoms with Gasteiger partial charge in [-0.2, -0.15) is 0 Å². The summed E-state index contributed by atoms with van der Waals surface area (Å²) >= 11 is 0. The summed E-state index contributed by atoms with van der Waals surface area (Å²) in [4.78, 5) is 11.0. The number of rotatable bonds is 3. The molecule has 0 heterocycles. The van der Waals surface area contributed by atoms with Crippen LogP contribution >= 0.6 is 0 Å². The van der Waals surface area contributed by atoms with E-state index in [0.717, 1.165) is 24.0 Å². The van der Waals surface area contributed by atoms with Crippen LogP contribution in [0.5, 0.6) is 0 Å². The number of aromatic carboxylic acids is 1. The van der Waals surface area contributed by atoms with Crippen molar-refractivity contribution in [3.05, 3.63) is 70.3 Å². The third kappa shape index (κ3) is 2.32. The lowest BCUT2D eigenvalue weighted by atomic mass is 9.95. The maximum atomic E-state index is 11.0. The summed E-state index contributed by atoms with van der Waals surface area (Å²) in [6.45, 7) is 0. The molecule has 1 atom stereocenters. The molecule has 0 fully saturated rings. The zero-order valence-corrected chi connectivity index (χ0v) is 11.2. The topological polar surface area (TPSA) is 63.3 Å². The first-order chi connectivity index (χ1) is 9.65. The Hall–Kier alpha value is -2.13. The van der Waals surface area contributed by atoms with E-state index in [9.17, 15) is 4.79 Å². The van der Waals surface area contributed by atoms with Gasteiger partial charge in [0.1, 0.15) is 0 Å². The fraction of sp³-hybridized carbons (Fsp3) is 0.235. The van der Waals surface area contributed by atoms with Crippen LogP contribution in [0.3, 0.4) is 0 Å². The summed E-state index contributed by atoms with van der Waals surface area (Å²) in [5, 5.41) is 9.05.